The number of pyridine rings is 1. The molecule has 1 aliphatic heterocycles. The Morgan fingerprint density at radius 3 is 2.78 bits per heavy atom. The fourth-order valence-corrected chi connectivity index (χ4v) is 3.27. The number of thioether (sulfide) groups is 1. The maximum absolute atomic E-state index is 12.5. The van der Waals surface area contributed by atoms with E-state index in [0.29, 0.717) is 11.6 Å². The molecule has 2 heterocycles. The van der Waals surface area contributed by atoms with E-state index in [4.69, 9.17) is 5.11 Å². The van der Waals surface area contributed by atoms with Crippen molar-refractivity contribution in [2.45, 2.75) is 32.4 Å². The van der Waals surface area contributed by atoms with Gasteiger partial charge in [-0.3, -0.25) is 9.59 Å². The van der Waals surface area contributed by atoms with Gasteiger partial charge in [0, 0.05) is 18.0 Å². The van der Waals surface area contributed by atoms with Gasteiger partial charge in [0.15, 0.2) is 0 Å². The standard InChI is InChI=1S/C15H19N3O4S/c1-3-9(2)17-13(19)12-7-23-8-18(12)14(20)10-4-5-11(15(21)22)16-6-10/h4-6,9,12H,3,7-8H2,1-2H3,(H,17,19)(H,21,22). The van der Waals surface area contributed by atoms with E-state index in [1.807, 2.05) is 13.8 Å². The Hall–Kier alpha value is -2.09. The number of aromatic carboxylic acids is 1. The van der Waals surface area contributed by atoms with Gasteiger partial charge >= 0.3 is 5.97 Å². The number of carboxylic acids is 1. The Labute approximate surface area is 138 Å². The van der Waals surface area contributed by atoms with Crippen molar-refractivity contribution >= 4 is 29.5 Å². The van der Waals surface area contributed by atoms with Gasteiger partial charge in [-0.25, -0.2) is 9.78 Å². The van der Waals surface area contributed by atoms with Crippen LogP contribution in [0.5, 0.6) is 0 Å². The third-order valence-corrected chi connectivity index (χ3v) is 4.69. The van der Waals surface area contributed by atoms with Gasteiger partial charge in [0.25, 0.3) is 5.91 Å². The van der Waals surface area contributed by atoms with Crippen LogP contribution in [0.2, 0.25) is 0 Å². The monoisotopic (exact) mass is 337 g/mol. The van der Waals surface area contributed by atoms with Crippen LogP contribution in [0.3, 0.4) is 0 Å². The van der Waals surface area contributed by atoms with Gasteiger partial charge in [-0.1, -0.05) is 6.92 Å². The van der Waals surface area contributed by atoms with E-state index in [1.54, 1.807) is 0 Å². The lowest BCUT2D eigenvalue weighted by atomic mass is 10.2. The lowest BCUT2D eigenvalue weighted by molar-refractivity contribution is -0.125. The number of hydrogen-bond donors (Lipinski definition) is 2. The Morgan fingerprint density at radius 1 is 1.48 bits per heavy atom. The van der Waals surface area contributed by atoms with E-state index < -0.39 is 12.0 Å². The summed E-state index contributed by atoms with van der Waals surface area (Å²) in [5, 5.41) is 11.7. The largest absolute Gasteiger partial charge is 0.477 e. The summed E-state index contributed by atoms with van der Waals surface area (Å²) in [6, 6.07) is 2.25. The van der Waals surface area contributed by atoms with Crippen LogP contribution in [0.4, 0.5) is 0 Å². The normalized spacial score (nSPS) is 18.5. The number of rotatable bonds is 5. The molecule has 2 rings (SSSR count). The molecule has 2 N–H and O–H groups in total. The summed E-state index contributed by atoms with van der Waals surface area (Å²) < 4.78 is 0. The summed E-state index contributed by atoms with van der Waals surface area (Å²) in [5.74, 6) is -0.643. The highest BCUT2D eigenvalue weighted by Crippen LogP contribution is 2.23. The number of nitrogens with zero attached hydrogens (tertiary/aromatic N) is 2. The lowest BCUT2D eigenvalue weighted by Gasteiger charge is -2.24. The molecule has 124 valence electrons. The van der Waals surface area contributed by atoms with Gasteiger partial charge in [-0.05, 0) is 25.5 Å². The molecule has 1 aromatic heterocycles. The molecule has 0 spiro atoms. The third kappa shape index (κ3) is 4.01. The molecule has 0 bridgehead atoms. The van der Waals surface area contributed by atoms with Gasteiger partial charge in [0.1, 0.15) is 11.7 Å². The molecular formula is C15H19N3O4S. The number of aromatic nitrogens is 1. The molecule has 1 aromatic rings. The van der Waals surface area contributed by atoms with E-state index in [2.05, 4.69) is 10.3 Å². The zero-order valence-electron chi connectivity index (χ0n) is 13.0. The van der Waals surface area contributed by atoms with Gasteiger partial charge < -0.3 is 15.3 Å². The SMILES string of the molecule is CCC(C)NC(=O)C1CSCN1C(=O)c1ccc(C(=O)O)nc1. The molecule has 0 radical (unpaired) electrons. The summed E-state index contributed by atoms with van der Waals surface area (Å²) >= 11 is 1.51. The first-order valence-electron chi connectivity index (χ1n) is 7.32. The average molecular weight is 337 g/mol. The van der Waals surface area contributed by atoms with Crippen molar-refractivity contribution in [3.8, 4) is 0 Å². The molecule has 2 amide bonds. The number of hydrogen-bond acceptors (Lipinski definition) is 5. The Balaban J connectivity index is 2.11. The molecule has 23 heavy (non-hydrogen) atoms. The van der Waals surface area contributed by atoms with E-state index in [0.717, 1.165) is 6.42 Å². The van der Waals surface area contributed by atoms with E-state index in [-0.39, 0.29) is 29.1 Å². The molecule has 1 fully saturated rings. The highest BCUT2D eigenvalue weighted by Gasteiger charge is 2.35. The molecule has 8 heteroatoms. The lowest BCUT2D eigenvalue weighted by Crippen LogP contribution is -2.49. The summed E-state index contributed by atoms with van der Waals surface area (Å²) in [6.45, 7) is 3.90. The maximum Gasteiger partial charge on any atom is 0.354 e. The second-order valence-corrected chi connectivity index (χ2v) is 6.35. The van der Waals surface area contributed by atoms with Crippen LogP contribution >= 0.6 is 11.8 Å². The summed E-state index contributed by atoms with van der Waals surface area (Å²) in [4.78, 5) is 40.9. The minimum absolute atomic E-state index is 0.0570. The molecule has 0 saturated carbocycles. The minimum atomic E-state index is -1.15. The molecule has 2 unspecified atom stereocenters. The molecular weight excluding hydrogens is 318 g/mol. The average Bonchev–Trinajstić information content (AvgIpc) is 3.03. The van der Waals surface area contributed by atoms with E-state index in [1.165, 1.54) is 35.0 Å². The summed E-state index contributed by atoms with van der Waals surface area (Å²) in [6.07, 6.45) is 2.05. The number of carbonyl (C=O) groups is 3. The summed E-state index contributed by atoms with van der Waals surface area (Å²) in [5.41, 5.74) is 0.155. The number of amides is 2. The third-order valence-electron chi connectivity index (χ3n) is 3.68. The van der Waals surface area contributed by atoms with Crippen molar-refractivity contribution in [1.82, 2.24) is 15.2 Å². The van der Waals surface area contributed by atoms with Crippen molar-refractivity contribution in [2.24, 2.45) is 0 Å². The van der Waals surface area contributed by atoms with Crippen molar-refractivity contribution in [3.63, 3.8) is 0 Å². The molecule has 0 aliphatic carbocycles. The first-order valence-corrected chi connectivity index (χ1v) is 8.48. The molecule has 0 aromatic carbocycles. The fraction of sp³-hybridized carbons (Fsp3) is 0.467. The highest BCUT2D eigenvalue weighted by molar-refractivity contribution is 7.99. The predicted molar refractivity (Wildman–Crippen MR) is 86.4 cm³/mol. The highest BCUT2D eigenvalue weighted by atomic mass is 32.2. The summed E-state index contributed by atoms with van der Waals surface area (Å²) in [7, 11) is 0. The van der Waals surface area contributed by atoms with Crippen molar-refractivity contribution in [3.05, 3.63) is 29.6 Å². The quantitative estimate of drug-likeness (QED) is 0.838. The topological polar surface area (TPSA) is 99.6 Å². The van der Waals surface area contributed by atoms with Crippen molar-refractivity contribution in [2.75, 3.05) is 11.6 Å². The second kappa shape index (κ2) is 7.45. The molecule has 1 saturated heterocycles. The second-order valence-electron chi connectivity index (χ2n) is 5.35. The maximum atomic E-state index is 12.5. The molecule has 1 aliphatic rings. The predicted octanol–water partition coefficient (Wildman–Crippen LogP) is 1.21. The van der Waals surface area contributed by atoms with Crippen LogP contribution in [0.25, 0.3) is 0 Å². The Kier molecular flexibility index (Phi) is 5.59. The Morgan fingerprint density at radius 2 is 2.22 bits per heavy atom. The fourth-order valence-electron chi connectivity index (χ4n) is 2.11. The number of carboxylic acid groups (broad SMARTS) is 1. The first-order chi connectivity index (χ1) is 10.9. The Bertz CT molecular complexity index is 605. The van der Waals surface area contributed by atoms with E-state index >= 15 is 0 Å². The smallest absolute Gasteiger partial charge is 0.354 e. The van der Waals surface area contributed by atoms with Crippen LogP contribution in [-0.4, -0.2) is 56.5 Å². The zero-order chi connectivity index (χ0) is 17.0. The number of nitrogens with one attached hydrogen (secondary N) is 1. The van der Waals surface area contributed by atoms with Crippen molar-refractivity contribution in [1.29, 1.82) is 0 Å². The number of carbonyl (C=O) groups excluding carboxylic acids is 2. The van der Waals surface area contributed by atoms with Crippen LogP contribution < -0.4 is 5.32 Å². The van der Waals surface area contributed by atoms with Crippen LogP contribution in [0, 0.1) is 0 Å². The van der Waals surface area contributed by atoms with Gasteiger partial charge in [0.05, 0.1) is 11.4 Å². The molecule has 7 nitrogen and oxygen atoms in total. The van der Waals surface area contributed by atoms with Crippen LogP contribution in [-0.2, 0) is 4.79 Å². The van der Waals surface area contributed by atoms with Crippen LogP contribution in [0.15, 0.2) is 18.3 Å². The molecule has 2 atom stereocenters. The zero-order valence-corrected chi connectivity index (χ0v) is 13.8. The van der Waals surface area contributed by atoms with E-state index in [9.17, 15) is 14.4 Å². The van der Waals surface area contributed by atoms with Crippen molar-refractivity contribution < 1.29 is 19.5 Å². The van der Waals surface area contributed by atoms with Gasteiger partial charge in [-0.15, -0.1) is 11.8 Å². The first kappa shape index (κ1) is 17.3. The van der Waals surface area contributed by atoms with Gasteiger partial charge in [0.2, 0.25) is 5.91 Å². The van der Waals surface area contributed by atoms with Gasteiger partial charge in [-0.2, -0.15) is 0 Å². The minimum Gasteiger partial charge on any atom is -0.477 e. The van der Waals surface area contributed by atoms with Crippen LogP contribution in [0.1, 0.15) is 41.1 Å².